The number of carbonyl (C=O) groups excluding carboxylic acids is 1. The Labute approximate surface area is 117 Å². The first-order valence-corrected chi connectivity index (χ1v) is 7.35. The molecule has 1 aromatic carbocycles. The Kier molecular flexibility index (Phi) is 4.68. The van der Waals surface area contributed by atoms with Crippen molar-refractivity contribution >= 4 is 17.2 Å². The zero-order valence-corrected chi connectivity index (χ0v) is 12.1. The van der Waals surface area contributed by atoms with Crippen molar-refractivity contribution in [2.24, 2.45) is 0 Å². The fourth-order valence-electron chi connectivity index (χ4n) is 1.82. The highest BCUT2D eigenvalue weighted by molar-refractivity contribution is 7.09. The van der Waals surface area contributed by atoms with Crippen LogP contribution in [0.3, 0.4) is 0 Å². The predicted octanol–water partition coefficient (Wildman–Crippen LogP) is 2.99. The van der Waals surface area contributed by atoms with Gasteiger partial charge in [-0.3, -0.25) is 4.79 Å². The Bertz CT molecular complexity index is 546. The topological polar surface area (TPSA) is 42.0 Å². The maximum atomic E-state index is 11.9. The van der Waals surface area contributed by atoms with Crippen molar-refractivity contribution in [1.82, 2.24) is 10.3 Å². The second-order valence-electron chi connectivity index (χ2n) is 4.41. The van der Waals surface area contributed by atoms with Gasteiger partial charge in [-0.05, 0) is 31.0 Å². The van der Waals surface area contributed by atoms with Gasteiger partial charge in [-0.15, -0.1) is 11.3 Å². The number of rotatable bonds is 5. The molecule has 1 amide bonds. The van der Waals surface area contributed by atoms with E-state index in [9.17, 15) is 4.79 Å². The van der Waals surface area contributed by atoms with Crippen LogP contribution in [-0.4, -0.2) is 17.4 Å². The van der Waals surface area contributed by atoms with E-state index in [4.69, 9.17) is 0 Å². The second-order valence-corrected chi connectivity index (χ2v) is 5.48. The van der Waals surface area contributed by atoms with Crippen LogP contribution in [0.5, 0.6) is 0 Å². The highest BCUT2D eigenvalue weighted by atomic mass is 32.1. The molecule has 2 rings (SSSR count). The summed E-state index contributed by atoms with van der Waals surface area (Å²) in [6, 6.07) is 7.75. The van der Waals surface area contributed by atoms with Crippen LogP contribution in [-0.2, 0) is 12.8 Å². The molecule has 0 bridgehead atoms. The van der Waals surface area contributed by atoms with E-state index in [1.54, 1.807) is 11.3 Å². The number of aryl methyl sites for hydroxylation is 2. The third-order valence-electron chi connectivity index (χ3n) is 2.96. The average molecular weight is 274 g/mol. The highest BCUT2D eigenvalue weighted by Crippen LogP contribution is 2.08. The van der Waals surface area contributed by atoms with Crippen LogP contribution in [0.15, 0.2) is 29.6 Å². The molecule has 0 radical (unpaired) electrons. The van der Waals surface area contributed by atoms with Crippen molar-refractivity contribution in [1.29, 1.82) is 0 Å². The molecule has 0 aliphatic heterocycles. The second kappa shape index (κ2) is 6.48. The van der Waals surface area contributed by atoms with Gasteiger partial charge in [-0.2, -0.15) is 0 Å². The van der Waals surface area contributed by atoms with Gasteiger partial charge in [0.25, 0.3) is 5.91 Å². The Morgan fingerprint density at radius 1 is 1.32 bits per heavy atom. The SMILES string of the molecule is CCc1ccc(C(=O)NCCc2csc(C)n2)cc1. The summed E-state index contributed by atoms with van der Waals surface area (Å²) >= 11 is 1.64. The minimum Gasteiger partial charge on any atom is -0.352 e. The van der Waals surface area contributed by atoms with Gasteiger partial charge in [0.2, 0.25) is 0 Å². The molecule has 4 heteroatoms. The predicted molar refractivity (Wildman–Crippen MR) is 78.7 cm³/mol. The standard InChI is InChI=1S/C15H18N2OS/c1-3-12-4-6-13(7-5-12)15(18)16-9-8-14-10-19-11(2)17-14/h4-7,10H,3,8-9H2,1-2H3,(H,16,18). The van der Waals surface area contributed by atoms with Gasteiger partial charge in [-0.25, -0.2) is 4.98 Å². The summed E-state index contributed by atoms with van der Waals surface area (Å²) in [6.45, 7) is 4.71. The molecule has 0 saturated carbocycles. The van der Waals surface area contributed by atoms with Crippen LogP contribution in [0.4, 0.5) is 0 Å². The van der Waals surface area contributed by atoms with E-state index in [1.807, 2.05) is 36.6 Å². The van der Waals surface area contributed by atoms with Crippen molar-refractivity contribution < 1.29 is 4.79 Å². The number of thiazole rings is 1. The lowest BCUT2D eigenvalue weighted by atomic mass is 10.1. The van der Waals surface area contributed by atoms with Gasteiger partial charge < -0.3 is 5.32 Å². The third kappa shape index (κ3) is 3.89. The smallest absolute Gasteiger partial charge is 0.251 e. The molecule has 0 spiro atoms. The van der Waals surface area contributed by atoms with Crippen LogP contribution in [0.25, 0.3) is 0 Å². The Hall–Kier alpha value is -1.68. The number of hydrogen-bond acceptors (Lipinski definition) is 3. The van der Waals surface area contributed by atoms with Crippen LogP contribution in [0, 0.1) is 6.92 Å². The average Bonchev–Trinajstić information content (AvgIpc) is 2.84. The normalized spacial score (nSPS) is 10.4. The van der Waals surface area contributed by atoms with Crippen molar-refractivity contribution in [3.8, 4) is 0 Å². The van der Waals surface area contributed by atoms with Crippen molar-refractivity contribution in [2.45, 2.75) is 26.7 Å². The molecule has 0 fully saturated rings. The molecule has 0 aliphatic carbocycles. The van der Waals surface area contributed by atoms with Crippen molar-refractivity contribution in [3.05, 3.63) is 51.5 Å². The monoisotopic (exact) mass is 274 g/mol. The van der Waals surface area contributed by atoms with Crippen molar-refractivity contribution in [3.63, 3.8) is 0 Å². The van der Waals surface area contributed by atoms with Crippen LogP contribution in [0.2, 0.25) is 0 Å². The van der Waals surface area contributed by atoms with E-state index in [0.717, 1.165) is 23.5 Å². The molecular weight excluding hydrogens is 256 g/mol. The Morgan fingerprint density at radius 3 is 2.63 bits per heavy atom. The quantitative estimate of drug-likeness (QED) is 0.910. The maximum Gasteiger partial charge on any atom is 0.251 e. The fraction of sp³-hybridized carbons (Fsp3) is 0.333. The Balaban J connectivity index is 1.83. The van der Waals surface area contributed by atoms with E-state index in [1.165, 1.54) is 5.56 Å². The maximum absolute atomic E-state index is 11.9. The molecule has 2 aromatic rings. The van der Waals surface area contributed by atoms with E-state index in [2.05, 4.69) is 17.2 Å². The minimum atomic E-state index is -0.0189. The summed E-state index contributed by atoms with van der Waals surface area (Å²) in [5, 5.41) is 6.03. The van der Waals surface area contributed by atoms with Crippen LogP contribution in [0.1, 0.15) is 33.5 Å². The molecule has 1 N–H and O–H groups in total. The van der Waals surface area contributed by atoms with E-state index in [0.29, 0.717) is 12.1 Å². The molecule has 0 aliphatic rings. The zero-order chi connectivity index (χ0) is 13.7. The molecule has 1 heterocycles. The third-order valence-corrected chi connectivity index (χ3v) is 3.78. The first-order chi connectivity index (χ1) is 9.19. The summed E-state index contributed by atoms with van der Waals surface area (Å²) < 4.78 is 0. The number of amides is 1. The summed E-state index contributed by atoms with van der Waals surface area (Å²) in [7, 11) is 0. The first kappa shape index (κ1) is 13.7. The molecule has 0 unspecified atom stereocenters. The van der Waals surface area contributed by atoms with E-state index < -0.39 is 0 Å². The summed E-state index contributed by atoms with van der Waals surface area (Å²) in [6.07, 6.45) is 1.77. The minimum absolute atomic E-state index is 0.0189. The Morgan fingerprint density at radius 2 is 2.05 bits per heavy atom. The zero-order valence-electron chi connectivity index (χ0n) is 11.3. The highest BCUT2D eigenvalue weighted by Gasteiger charge is 2.05. The summed E-state index contributed by atoms with van der Waals surface area (Å²) in [4.78, 5) is 16.3. The lowest BCUT2D eigenvalue weighted by Gasteiger charge is -2.05. The van der Waals surface area contributed by atoms with Gasteiger partial charge >= 0.3 is 0 Å². The van der Waals surface area contributed by atoms with Gasteiger partial charge in [-0.1, -0.05) is 19.1 Å². The first-order valence-electron chi connectivity index (χ1n) is 6.47. The number of nitrogens with zero attached hydrogens (tertiary/aromatic N) is 1. The van der Waals surface area contributed by atoms with Gasteiger partial charge in [0, 0.05) is 23.9 Å². The molecule has 100 valence electrons. The molecular formula is C15H18N2OS. The summed E-state index contributed by atoms with van der Waals surface area (Å²) in [5.41, 5.74) is 3.00. The molecule has 0 saturated heterocycles. The van der Waals surface area contributed by atoms with E-state index in [-0.39, 0.29) is 5.91 Å². The van der Waals surface area contributed by atoms with Crippen LogP contribution < -0.4 is 5.32 Å². The van der Waals surface area contributed by atoms with Crippen LogP contribution >= 0.6 is 11.3 Å². The number of hydrogen-bond donors (Lipinski definition) is 1. The number of benzene rings is 1. The van der Waals surface area contributed by atoms with Gasteiger partial charge in [0.1, 0.15) is 0 Å². The van der Waals surface area contributed by atoms with Gasteiger partial charge in [0.05, 0.1) is 10.7 Å². The summed E-state index contributed by atoms with van der Waals surface area (Å²) in [5.74, 6) is -0.0189. The van der Waals surface area contributed by atoms with Crippen molar-refractivity contribution in [2.75, 3.05) is 6.54 Å². The largest absolute Gasteiger partial charge is 0.352 e. The van der Waals surface area contributed by atoms with Gasteiger partial charge in [0.15, 0.2) is 0 Å². The number of nitrogens with one attached hydrogen (secondary N) is 1. The van der Waals surface area contributed by atoms with E-state index >= 15 is 0 Å². The molecule has 0 atom stereocenters. The lowest BCUT2D eigenvalue weighted by Crippen LogP contribution is -2.25. The fourth-order valence-corrected chi connectivity index (χ4v) is 2.47. The molecule has 3 nitrogen and oxygen atoms in total. The number of carbonyl (C=O) groups is 1. The number of aromatic nitrogens is 1. The lowest BCUT2D eigenvalue weighted by molar-refractivity contribution is 0.0954. The molecule has 19 heavy (non-hydrogen) atoms. The molecule has 1 aromatic heterocycles.